The molecule has 0 spiro atoms. The van der Waals surface area contributed by atoms with Crippen LogP contribution < -0.4 is 4.90 Å². The van der Waals surface area contributed by atoms with Gasteiger partial charge in [0.15, 0.2) is 5.16 Å². The van der Waals surface area contributed by atoms with E-state index in [-0.39, 0.29) is 0 Å². The average Bonchev–Trinajstić information content (AvgIpc) is 3.30. The van der Waals surface area contributed by atoms with Crippen LogP contribution >= 0.6 is 11.8 Å². The normalized spacial score (nSPS) is 17.2. The first kappa shape index (κ1) is 17.8. The van der Waals surface area contributed by atoms with Gasteiger partial charge in [0.05, 0.1) is 5.69 Å². The number of hydrogen-bond donors (Lipinski definition) is 0. The molecule has 1 saturated heterocycles. The monoisotopic (exact) mass is 395 g/mol. The zero-order valence-electron chi connectivity index (χ0n) is 16.2. The zero-order chi connectivity index (χ0) is 18.9. The number of nitrogens with zero attached hydrogens (tertiary/aromatic N) is 5. The topological polar surface area (TPSA) is 60.0 Å². The maximum absolute atomic E-state index is 5.69. The molecule has 3 heterocycles. The van der Waals surface area contributed by atoms with Crippen molar-refractivity contribution >= 4 is 17.7 Å². The third-order valence-corrected chi connectivity index (χ3v) is 6.37. The first-order valence-electron chi connectivity index (χ1n) is 10.1. The fourth-order valence-electron chi connectivity index (χ4n) is 3.67. The smallest absolute Gasteiger partial charge is 0.228 e. The molecule has 1 aromatic carbocycles. The summed E-state index contributed by atoms with van der Waals surface area (Å²) in [5.41, 5.74) is 3.18. The lowest BCUT2D eigenvalue weighted by Crippen LogP contribution is -2.31. The van der Waals surface area contributed by atoms with Crippen molar-refractivity contribution in [2.45, 2.75) is 56.0 Å². The van der Waals surface area contributed by atoms with Crippen LogP contribution in [0.2, 0.25) is 0 Å². The Balaban J connectivity index is 1.30. The number of piperidine rings is 1. The first-order chi connectivity index (χ1) is 13.8. The molecule has 2 aliphatic rings. The summed E-state index contributed by atoms with van der Waals surface area (Å²) in [6, 6.07) is 8.82. The molecule has 2 fully saturated rings. The summed E-state index contributed by atoms with van der Waals surface area (Å²) in [7, 11) is 0. The fraction of sp³-hybridized carbons (Fsp3) is 0.476. The number of hydrogen-bond acceptors (Lipinski definition) is 6. The third-order valence-electron chi connectivity index (χ3n) is 5.40. The highest BCUT2D eigenvalue weighted by Crippen LogP contribution is 2.41. The Morgan fingerprint density at radius 3 is 2.61 bits per heavy atom. The van der Waals surface area contributed by atoms with Crippen LogP contribution in [0.25, 0.3) is 11.5 Å². The van der Waals surface area contributed by atoms with Crippen molar-refractivity contribution in [1.29, 1.82) is 0 Å². The minimum Gasteiger partial charge on any atom is -0.444 e. The van der Waals surface area contributed by atoms with Gasteiger partial charge in [-0.15, -0.1) is 10.2 Å². The molecule has 0 radical (unpaired) electrons. The second-order valence-electron chi connectivity index (χ2n) is 7.73. The van der Waals surface area contributed by atoms with Crippen LogP contribution in [0.15, 0.2) is 40.1 Å². The molecule has 2 aromatic heterocycles. The molecule has 7 heteroatoms. The lowest BCUT2D eigenvalue weighted by Gasteiger charge is -2.27. The Labute approximate surface area is 169 Å². The molecule has 0 atom stereocenters. The van der Waals surface area contributed by atoms with E-state index in [4.69, 9.17) is 4.42 Å². The summed E-state index contributed by atoms with van der Waals surface area (Å²) in [6.07, 6.45) is 8.04. The highest BCUT2D eigenvalue weighted by Gasteiger charge is 2.32. The zero-order valence-corrected chi connectivity index (χ0v) is 17.0. The Morgan fingerprint density at radius 2 is 1.86 bits per heavy atom. The van der Waals surface area contributed by atoms with Gasteiger partial charge < -0.3 is 9.32 Å². The van der Waals surface area contributed by atoms with Crippen LogP contribution in [0, 0.1) is 6.92 Å². The van der Waals surface area contributed by atoms with Crippen LogP contribution in [0.5, 0.6) is 0 Å². The SMILES string of the molecule is Cc1ccc(-c2nc(CSc3nnc(N4CCCCC4)n3C3CC3)co2)cc1. The largest absolute Gasteiger partial charge is 0.444 e. The Morgan fingerprint density at radius 1 is 1.07 bits per heavy atom. The molecule has 1 aliphatic heterocycles. The van der Waals surface area contributed by atoms with Crippen molar-refractivity contribution in [3.63, 3.8) is 0 Å². The number of rotatable bonds is 6. The van der Waals surface area contributed by atoms with Gasteiger partial charge in [0.1, 0.15) is 6.26 Å². The predicted octanol–water partition coefficient (Wildman–Crippen LogP) is 4.86. The average molecular weight is 396 g/mol. The van der Waals surface area contributed by atoms with Gasteiger partial charge in [-0.1, -0.05) is 29.5 Å². The van der Waals surface area contributed by atoms with Gasteiger partial charge >= 0.3 is 0 Å². The van der Waals surface area contributed by atoms with Gasteiger partial charge in [-0.3, -0.25) is 4.57 Å². The van der Waals surface area contributed by atoms with E-state index in [1.54, 1.807) is 18.0 Å². The lowest BCUT2D eigenvalue weighted by atomic mass is 10.1. The standard InChI is InChI=1S/C21H25N5OS/c1-15-5-7-16(8-6-15)19-22-17(13-27-19)14-28-21-24-23-20(26(21)18-9-10-18)25-11-3-2-4-12-25/h5-8,13,18H,2-4,9-12,14H2,1H3. The van der Waals surface area contributed by atoms with E-state index < -0.39 is 0 Å². The van der Waals surface area contributed by atoms with E-state index in [9.17, 15) is 0 Å². The Bertz CT molecular complexity index is 938. The molecule has 0 bridgehead atoms. The number of aryl methyl sites for hydroxylation is 1. The van der Waals surface area contributed by atoms with E-state index in [1.165, 1.54) is 37.7 Å². The highest BCUT2D eigenvalue weighted by molar-refractivity contribution is 7.98. The molecular weight excluding hydrogens is 370 g/mol. The van der Waals surface area contributed by atoms with Crippen molar-refractivity contribution in [2.75, 3.05) is 18.0 Å². The van der Waals surface area contributed by atoms with E-state index in [1.807, 2.05) is 12.1 Å². The van der Waals surface area contributed by atoms with Crippen LogP contribution in [-0.2, 0) is 5.75 Å². The molecule has 1 aliphatic carbocycles. The number of benzene rings is 1. The van der Waals surface area contributed by atoms with Gasteiger partial charge in [0.25, 0.3) is 0 Å². The second-order valence-corrected chi connectivity index (χ2v) is 8.67. The minimum absolute atomic E-state index is 0.565. The maximum Gasteiger partial charge on any atom is 0.228 e. The third kappa shape index (κ3) is 3.68. The van der Waals surface area contributed by atoms with Crippen LogP contribution in [-0.4, -0.2) is 32.8 Å². The van der Waals surface area contributed by atoms with E-state index in [2.05, 4.69) is 43.7 Å². The molecule has 0 unspecified atom stereocenters. The van der Waals surface area contributed by atoms with Crippen molar-refractivity contribution in [3.8, 4) is 11.5 Å². The number of aromatic nitrogens is 4. The van der Waals surface area contributed by atoms with E-state index in [0.29, 0.717) is 11.9 Å². The van der Waals surface area contributed by atoms with E-state index >= 15 is 0 Å². The number of oxazole rings is 1. The van der Waals surface area contributed by atoms with Crippen molar-refractivity contribution in [3.05, 3.63) is 41.8 Å². The number of anilines is 1. The van der Waals surface area contributed by atoms with Crippen LogP contribution in [0.1, 0.15) is 49.4 Å². The van der Waals surface area contributed by atoms with Crippen LogP contribution in [0.3, 0.4) is 0 Å². The molecule has 28 heavy (non-hydrogen) atoms. The van der Waals surface area contributed by atoms with Crippen molar-refractivity contribution < 1.29 is 4.42 Å². The Kier molecular flexibility index (Phi) is 4.84. The molecule has 3 aromatic rings. The lowest BCUT2D eigenvalue weighted by molar-refractivity contribution is 0.548. The summed E-state index contributed by atoms with van der Waals surface area (Å²) in [5, 5.41) is 10.1. The Hall–Kier alpha value is -2.28. The summed E-state index contributed by atoms with van der Waals surface area (Å²) in [6.45, 7) is 4.27. The molecule has 0 N–H and O–H groups in total. The van der Waals surface area contributed by atoms with Gasteiger partial charge in [0, 0.05) is 30.4 Å². The second kappa shape index (κ2) is 7.62. The summed E-state index contributed by atoms with van der Waals surface area (Å²) in [4.78, 5) is 7.06. The first-order valence-corrected chi connectivity index (χ1v) is 11.1. The quantitative estimate of drug-likeness (QED) is 0.556. The maximum atomic E-state index is 5.69. The van der Waals surface area contributed by atoms with E-state index in [0.717, 1.165) is 41.2 Å². The summed E-state index contributed by atoms with van der Waals surface area (Å²) >= 11 is 1.70. The molecule has 0 amide bonds. The van der Waals surface area contributed by atoms with Crippen LogP contribution in [0.4, 0.5) is 5.95 Å². The minimum atomic E-state index is 0.565. The van der Waals surface area contributed by atoms with Crippen molar-refractivity contribution in [1.82, 2.24) is 19.7 Å². The highest BCUT2D eigenvalue weighted by atomic mass is 32.2. The summed E-state index contributed by atoms with van der Waals surface area (Å²) in [5.74, 6) is 2.47. The summed E-state index contributed by atoms with van der Waals surface area (Å²) < 4.78 is 8.05. The molecule has 5 rings (SSSR count). The molecule has 1 saturated carbocycles. The molecular formula is C21H25N5OS. The number of thioether (sulfide) groups is 1. The molecule has 146 valence electrons. The molecule has 6 nitrogen and oxygen atoms in total. The fourth-order valence-corrected chi connectivity index (χ4v) is 4.55. The van der Waals surface area contributed by atoms with Crippen molar-refractivity contribution in [2.24, 2.45) is 0 Å². The van der Waals surface area contributed by atoms with Gasteiger partial charge in [-0.05, 0) is 51.2 Å². The predicted molar refractivity (Wildman–Crippen MR) is 111 cm³/mol. The van der Waals surface area contributed by atoms with Gasteiger partial charge in [-0.2, -0.15) is 0 Å². The van der Waals surface area contributed by atoms with Gasteiger partial charge in [0.2, 0.25) is 11.8 Å². The van der Waals surface area contributed by atoms with Gasteiger partial charge in [-0.25, -0.2) is 4.98 Å².